The fourth-order valence-electron chi connectivity index (χ4n) is 2.75. The maximum Gasteiger partial charge on any atom is 0.323 e. The quantitative estimate of drug-likeness (QED) is 0.647. The Balaban J connectivity index is 2.29. The first-order chi connectivity index (χ1) is 12.6. The van der Waals surface area contributed by atoms with E-state index in [0.29, 0.717) is 13.1 Å². The number of ether oxygens (including phenoxy) is 2. The maximum atomic E-state index is 12.5. The summed E-state index contributed by atoms with van der Waals surface area (Å²) in [6.07, 6.45) is -0.0466. The van der Waals surface area contributed by atoms with Gasteiger partial charge < -0.3 is 9.47 Å². The van der Waals surface area contributed by atoms with Crippen molar-refractivity contribution in [2.75, 3.05) is 13.7 Å². The van der Waals surface area contributed by atoms with E-state index in [-0.39, 0.29) is 13.0 Å². The number of carbonyl (C=O) groups excluding carboxylic acids is 2. The van der Waals surface area contributed by atoms with Gasteiger partial charge in [-0.2, -0.15) is 0 Å². The molecule has 5 nitrogen and oxygen atoms in total. The van der Waals surface area contributed by atoms with Gasteiger partial charge in [0.1, 0.15) is 6.04 Å². The number of rotatable bonds is 9. The molecule has 0 aromatic heterocycles. The highest BCUT2D eigenvalue weighted by molar-refractivity contribution is 5.82. The molecular formula is C21H25NO4. The second-order valence-electron chi connectivity index (χ2n) is 5.92. The molecular weight excluding hydrogens is 330 g/mol. The van der Waals surface area contributed by atoms with Crippen LogP contribution in [0.5, 0.6) is 0 Å². The fourth-order valence-corrected chi connectivity index (χ4v) is 2.75. The van der Waals surface area contributed by atoms with E-state index < -0.39 is 18.0 Å². The van der Waals surface area contributed by atoms with Crippen molar-refractivity contribution >= 4 is 11.9 Å². The standard InChI is InChI=1S/C21H25NO4/c1-3-26-21(24)19(14-20(23)25-2)22(15-17-10-6-4-7-11-17)16-18-12-8-5-9-13-18/h4-13,19H,3,14-16H2,1-2H3/t19-/m1/s1. The number of hydrogen-bond acceptors (Lipinski definition) is 5. The number of nitrogens with zero attached hydrogens (tertiary/aromatic N) is 1. The third-order valence-electron chi connectivity index (χ3n) is 4.04. The third-order valence-corrected chi connectivity index (χ3v) is 4.04. The van der Waals surface area contributed by atoms with Gasteiger partial charge in [-0.25, -0.2) is 0 Å². The van der Waals surface area contributed by atoms with E-state index in [2.05, 4.69) is 0 Å². The van der Waals surface area contributed by atoms with E-state index in [1.54, 1.807) is 6.92 Å². The van der Waals surface area contributed by atoms with E-state index in [9.17, 15) is 9.59 Å². The van der Waals surface area contributed by atoms with Gasteiger partial charge in [0, 0.05) is 13.1 Å². The van der Waals surface area contributed by atoms with Gasteiger partial charge in [0.15, 0.2) is 0 Å². The van der Waals surface area contributed by atoms with E-state index >= 15 is 0 Å². The zero-order chi connectivity index (χ0) is 18.8. The SMILES string of the molecule is CCOC(=O)[C@@H](CC(=O)OC)N(Cc1ccccc1)Cc1ccccc1. The van der Waals surface area contributed by atoms with Crippen LogP contribution >= 0.6 is 0 Å². The van der Waals surface area contributed by atoms with Crippen molar-refractivity contribution in [1.82, 2.24) is 4.90 Å². The summed E-state index contributed by atoms with van der Waals surface area (Å²) in [7, 11) is 1.32. The summed E-state index contributed by atoms with van der Waals surface area (Å²) in [5.74, 6) is -0.848. The largest absolute Gasteiger partial charge is 0.469 e. The summed E-state index contributed by atoms with van der Waals surface area (Å²) < 4.78 is 10.0. The molecule has 1 atom stereocenters. The van der Waals surface area contributed by atoms with Crippen molar-refractivity contribution < 1.29 is 19.1 Å². The normalized spacial score (nSPS) is 11.8. The predicted molar refractivity (Wildman–Crippen MR) is 99.2 cm³/mol. The lowest BCUT2D eigenvalue weighted by Gasteiger charge is -2.29. The fraction of sp³-hybridized carbons (Fsp3) is 0.333. The van der Waals surface area contributed by atoms with Crippen LogP contribution in [0.4, 0.5) is 0 Å². The Morgan fingerprint density at radius 3 is 1.85 bits per heavy atom. The monoisotopic (exact) mass is 355 g/mol. The smallest absolute Gasteiger partial charge is 0.323 e. The molecule has 0 aliphatic carbocycles. The molecule has 0 saturated heterocycles. The molecule has 138 valence electrons. The van der Waals surface area contributed by atoms with Crippen LogP contribution in [-0.4, -0.2) is 36.6 Å². The summed E-state index contributed by atoms with van der Waals surface area (Å²) in [6, 6.07) is 19.0. The average Bonchev–Trinajstić information content (AvgIpc) is 2.67. The summed E-state index contributed by atoms with van der Waals surface area (Å²) in [5, 5.41) is 0. The van der Waals surface area contributed by atoms with Gasteiger partial charge in [-0.3, -0.25) is 14.5 Å². The number of esters is 2. The summed E-state index contributed by atoms with van der Waals surface area (Å²) >= 11 is 0. The lowest BCUT2D eigenvalue weighted by Crippen LogP contribution is -2.43. The van der Waals surface area contributed by atoms with Crippen molar-refractivity contribution in [2.24, 2.45) is 0 Å². The number of methoxy groups -OCH3 is 1. The lowest BCUT2D eigenvalue weighted by molar-refractivity contribution is -0.156. The Morgan fingerprint density at radius 2 is 1.42 bits per heavy atom. The second-order valence-corrected chi connectivity index (χ2v) is 5.92. The number of carbonyl (C=O) groups is 2. The van der Waals surface area contributed by atoms with Gasteiger partial charge in [0.25, 0.3) is 0 Å². The van der Waals surface area contributed by atoms with Crippen molar-refractivity contribution in [2.45, 2.75) is 32.5 Å². The molecule has 5 heteroatoms. The van der Waals surface area contributed by atoms with E-state index in [0.717, 1.165) is 11.1 Å². The van der Waals surface area contributed by atoms with Gasteiger partial charge in [-0.15, -0.1) is 0 Å². The van der Waals surface area contributed by atoms with Crippen molar-refractivity contribution in [3.8, 4) is 0 Å². The van der Waals surface area contributed by atoms with Gasteiger partial charge in [-0.1, -0.05) is 60.7 Å². The van der Waals surface area contributed by atoms with Crippen LogP contribution in [0.3, 0.4) is 0 Å². The zero-order valence-electron chi connectivity index (χ0n) is 15.3. The molecule has 0 saturated carbocycles. The Bertz CT molecular complexity index is 646. The zero-order valence-corrected chi connectivity index (χ0v) is 15.3. The molecule has 0 amide bonds. The minimum absolute atomic E-state index is 0.0466. The second kappa shape index (κ2) is 10.4. The molecule has 2 aromatic carbocycles. The average molecular weight is 355 g/mol. The molecule has 26 heavy (non-hydrogen) atoms. The molecule has 0 N–H and O–H groups in total. The Labute approximate surface area is 154 Å². The molecule has 0 aliphatic heterocycles. The molecule has 0 radical (unpaired) electrons. The minimum atomic E-state index is -0.706. The van der Waals surface area contributed by atoms with Gasteiger partial charge in [-0.05, 0) is 18.1 Å². The van der Waals surface area contributed by atoms with E-state index in [4.69, 9.17) is 9.47 Å². The third kappa shape index (κ3) is 6.01. The van der Waals surface area contributed by atoms with Crippen molar-refractivity contribution in [3.63, 3.8) is 0 Å². The van der Waals surface area contributed by atoms with Crippen LogP contribution in [0.1, 0.15) is 24.5 Å². The molecule has 0 bridgehead atoms. The van der Waals surface area contributed by atoms with Crippen LogP contribution in [0.25, 0.3) is 0 Å². The number of benzene rings is 2. The van der Waals surface area contributed by atoms with Crippen molar-refractivity contribution in [3.05, 3.63) is 71.8 Å². The summed E-state index contributed by atoms with van der Waals surface area (Å²) in [6.45, 7) is 3.07. The van der Waals surface area contributed by atoms with Crippen LogP contribution in [0, 0.1) is 0 Å². The van der Waals surface area contributed by atoms with E-state index in [1.165, 1.54) is 7.11 Å². The predicted octanol–water partition coefficient (Wildman–Crippen LogP) is 3.18. The topological polar surface area (TPSA) is 55.8 Å². The molecule has 2 rings (SSSR count). The molecule has 0 fully saturated rings. The minimum Gasteiger partial charge on any atom is -0.469 e. The van der Waals surface area contributed by atoms with Crippen molar-refractivity contribution in [1.29, 1.82) is 0 Å². The first-order valence-electron chi connectivity index (χ1n) is 8.69. The number of hydrogen-bond donors (Lipinski definition) is 0. The summed E-state index contributed by atoms with van der Waals surface area (Å²) in [4.78, 5) is 26.4. The molecule has 0 heterocycles. The highest BCUT2D eigenvalue weighted by atomic mass is 16.5. The Hall–Kier alpha value is -2.66. The van der Waals surface area contributed by atoms with Gasteiger partial charge in [0.2, 0.25) is 0 Å². The molecule has 0 unspecified atom stereocenters. The van der Waals surface area contributed by atoms with Gasteiger partial charge >= 0.3 is 11.9 Å². The first kappa shape index (κ1) is 19.7. The lowest BCUT2D eigenvalue weighted by atomic mass is 10.1. The Morgan fingerprint density at radius 1 is 0.923 bits per heavy atom. The van der Waals surface area contributed by atoms with Crippen LogP contribution in [-0.2, 0) is 32.2 Å². The summed E-state index contributed by atoms with van der Waals surface area (Å²) in [5.41, 5.74) is 2.12. The maximum absolute atomic E-state index is 12.5. The molecule has 2 aromatic rings. The Kier molecular flexibility index (Phi) is 7.83. The van der Waals surface area contributed by atoms with Crippen LogP contribution in [0.15, 0.2) is 60.7 Å². The van der Waals surface area contributed by atoms with Gasteiger partial charge in [0.05, 0.1) is 20.1 Å². The van der Waals surface area contributed by atoms with Crippen LogP contribution in [0.2, 0.25) is 0 Å². The highest BCUT2D eigenvalue weighted by Gasteiger charge is 2.30. The molecule has 0 spiro atoms. The molecule has 0 aliphatic rings. The van der Waals surface area contributed by atoms with Crippen LogP contribution < -0.4 is 0 Å². The van der Waals surface area contributed by atoms with E-state index in [1.807, 2.05) is 65.6 Å². The highest BCUT2D eigenvalue weighted by Crippen LogP contribution is 2.17. The first-order valence-corrected chi connectivity index (χ1v) is 8.69.